The van der Waals surface area contributed by atoms with Gasteiger partial charge in [0.1, 0.15) is 18.5 Å². The topological polar surface area (TPSA) is 47.6 Å². The molecule has 1 N–H and O–H groups in total. The Labute approximate surface area is 134 Å². The standard InChI is InChI=1S/C16H22F3NO3/c1-10(23-9-16(17,18)19)14(21)20-12-8-11(15(2,3)4)6-7-13(12)22-5/h6-8,10H,9H2,1-5H3,(H,20,21)/t10-/m1/s1. The second-order valence-electron chi connectivity index (χ2n) is 6.22. The molecule has 0 bridgehead atoms. The average Bonchev–Trinajstić information content (AvgIpc) is 2.42. The maximum absolute atomic E-state index is 12.1. The molecule has 4 nitrogen and oxygen atoms in total. The Hall–Kier alpha value is -1.76. The van der Waals surface area contributed by atoms with Crippen LogP contribution in [-0.2, 0) is 14.9 Å². The van der Waals surface area contributed by atoms with Crippen molar-refractivity contribution in [1.82, 2.24) is 0 Å². The van der Waals surface area contributed by atoms with Gasteiger partial charge in [0, 0.05) is 0 Å². The summed E-state index contributed by atoms with van der Waals surface area (Å²) in [7, 11) is 1.45. The molecule has 1 amide bonds. The van der Waals surface area contributed by atoms with E-state index in [9.17, 15) is 18.0 Å². The van der Waals surface area contributed by atoms with E-state index in [2.05, 4.69) is 10.1 Å². The third-order valence-corrected chi connectivity index (χ3v) is 3.19. The molecule has 0 spiro atoms. The monoisotopic (exact) mass is 333 g/mol. The maximum atomic E-state index is 12.1. The van der Waals surface area contributed by atoms with Crippen LogP contribution >= 0.6 is 0 Å². The number of anilines is 1. The molecular weight excluding hydrogens is 311 g/mol. The number of hydrogen-bond donors (Lipinski definition) is 1. The third kappa shape index (κ3) is 6.09. The molecule has 1 atom stereocenters. The van der Waals surface area contributed by atoms with Crippen LogP contribution < -0.4 is 10.1 Å². The van der Waals surface area contributed by atoms with Gasteiger partial charge >= 0.3 is 6.18 Å². The first-order chi connectivity index (χ1) is 10.4. The van der Waals surface area contributed by atoms with Gasteiger partial charge < -0.3 is 14.8 Å². The molecule has 0 saturated heterocycles. The SMILES string of the molecule is COc1ccc(C(C)(C)C)cc1NC(=O)[C@@H](C)OCC(F)(F)F. The van der Waals surface area contributed by atoms with Gasteiger partial charge in [0.05, 0.1) is 12.8 Å². The van der Waals surface area contributed by atoms with Crippen LogP contribution in [0.4, 0.5) is 18.9 Å². The quantitative estimate of drug-likeness (QED) is 0.889. The minimum atomic E-state index is -4.47. The molecule has 1 rings (SSSR count). The van der Waals surface area contributed by atoms with Crippen molar-refractivity contribution in [1.29, 1.82) is 0 Å². The van der Waals surface area contributed by atoms with Crippen LogP contribution in [0.25, 0.3) is 0 Å². The van der Waals surface area contributed by atoms with Gasteiger partial charge in [-0.3, -0.25) is 4.79 Å². The van der Waals surface area contributed by atoms with E-state index in [-0.39, 0.29) is 5.41 Å². The van der Waals surface area contributed by atoms with Crippen LogP contribution in [0.3, 0.4) is 0 Å². The second kappa shape index (κ2) is 7.21. The minimum absolute atomic E-state index is 0.149. The average molecular weight is 333 g/mol. The Bertz CT molecular complexity index is 550. The number of carbonyl (C=O) groups excluding carboxylic acids is 1. The summed E-state index contributed by atoms with van der Waals surface area (Å²) in [6, 6.07) is 5.32. The van der Waals surface area contributed by atoms with E-state index in [0.29, 0.717) is 11.4 Å². The number of alkyl halides is 3. The van der Waals surface area contributed by atoms with Gasteiger partial charge in [-0.1, -0.05) is 26.8 Å². The number of rotatable bonds is 5. The molecule has 0 saturated carbocycles. The molecule has 0 unspecified atom stereocenters. The molecule has 0 fully saturated rings. The first-order valence-electron chi connectivity index (χ1n) is 7.12. The molecule has 0 aliphatic carbocycles. The molecule has 0 radical (unpaired) electrons. The van der Waals surface area contributed by atoms with Gasteiger partial charge in [-0.15, -0.1) is 0 Å². The van der Waals surface area contributed by atoms with E-state index in [1.54, 1.807) is 12.1 Å². The molecule has 1 aromatic rings. The van der Waals surface area contributed by atoms with Crippen molar-refractivity contribution in [3.8, 4) is 5.75 Å². The van der Waals surface area contributed by atoms with Crippen molar-refractivity contribution in [2.24, 2.45) is 0 Å². The van der Waals surface area contributed by atoms with Crippen molar-refractivity contribution in [3.05, 3.63) is 23.8 Å². The predicted octanol–water partition coefficient (Wildman–Crippen LogP) is 3.90. The summed E-state index contributed by atoms with van der Waals surface area (Å²) in [4.78, 5) is 12.0. The summed E-state index contributed by atoms with van der Waals surface area (Å²) in [6.07, 6.45) is -5.71. The van der Waals surface area contributed by atoms with E-state index in [0.717, 1.165) is 5.56 Å². The third-order valence-electron chi connectivity index (χ3n) is 3.19. The normalized spacial score (nSPS) is 13.6. The van der Waals surface area contributed by atoms with Crippen LogP contribution in [-0.4, -0.2) is 31.9 Å². The Morgan fingerprint density at radius 2 is 1.87 bits per heavy atom. The highest BCUT2D eigenvalue weighted by Crippen LogP contribution is 2.31. The second-order valence-corrected chi connectivity index (χ2v) is 6.22. The fraction of sp³-hybridized carbons (Fsp3) is 0.562. The molecule has 130 valence electrons. The molecule has 0 aliphatic rings. The number of methoxy groups -OCH3 is 1. The molecular formula is C16H22F3NO3. The molecule has 0 aliphatic heterocycles. The zero-order valence-electron chi connectivity index (χ0n) is 13.9. The predicted molar refractivity (Wildman–Crippen MR) is 81.8 cm³/mol. The van der Waals surface area contributed by atoms with Gasteiger partial charge in [0.25, 0.3) is 5.91 Å². The van der Waals surface area contributed by atoms with E-state index in [1.165, 1.54) is 14.0 Å². The van der Waals surface area contributed by atoms with E-state index >= 15 is 0 Å². The zero-order valence-corrected chi connectivity index (χ0v) is 13.9. The lowest BCUT2D eigenvalue weighted by Gasteiger charge is -2.22. The van der Waals surface area contributed by atoms with E-state index < -0.39 is 24.8 Å². The number of halogens is 3. The van der Waals surface area contributed by atoms with Crippen molar-refractivity contribution in [2.45, 2.75) is 45.4 Å². The molecule has 0 heterocycles. The largest absolute Gasteiger partial charge is 0.495 e. The first-order valence-corrected chi connectivity index (χ1v) is 7.12. The zero-order chi connectivity index (χ0) is 17.8. The fourth-order valence-corrected chi connectivity index (χ4v) is 1.80. The van der Waals surface area contributed by atoms with E-state index in [4.69, 9.17) is 4.74 Å². The first kappa shape index (κ1) is 19.3. The number of ether oxygens (including phenoxy) is 2. The van der Waals surface area contributed by atoms with Crippen molar-refractivity contribution in [2.75, 3.05) is 19.0 Å². The highest BCUT2D eigenvalue weighted by Gasteiger charge is 2.30. The number of nitrogens with one attached hydrogen (secondary N) is 1. The summed E-state index contributed by atoms with van der Waals surface area (Å²) in [6.45, 7) is 5.82. The molecule has 7 heteroatoms. The highest BCUT2D eigenvalue weighted by molar-refractivity contribution is 5.95. The van der Waals surface area contributed by atoms with Crippen LogP contribution in [0.2, 0.25) is 0 Å². The Balaban J connectivity index is 2.88. The summed E-state index contributed by atoms with van der Waals surface area (Å²) in [5, 5.41) is 2.55. The highest BCUT2D eigenvalue weighted by atomic mass is 19.4. The van der Waals surface area contributed by atoms with Gasteiger partial charge in [-0.05, 0) is 30.0 Å². The summed E-state index contributed by atoms with van der Waals surface area (Å²) in [5.74, 6) is -0.243. The van der Waals surface area contributed by atoms with Gasteiger partial charge in [-0.25, -0.2) is 0 Å². The van der Waals surface area contributed by atoms with Crippen LogP contribution in [0, 0.1) is 0 Å². The van der Waals surface area contributed by atoms with Crippen molar-refractivity contribution < 1.29 is 27.4 Å². The van der Waals surface area contributed by atoms with Crippen LogP contribution in [0.1, 0.15) is 33.3 Å². The van der Waals surface area contributed by atoms with Gasteiger partial charge in [0.15, 0.2) is 0 Å². The fourth-order valence-electron chi connectivity index (χ4n) is 1.80. The number of amides is 1. The number of benzene rings is 1. The number of carbonyl (C=O) groups is 1. The van der Waals surface area contributed by atoms with Crippen LogP contribution in [0.15, 0.2) is 18.2 Å². The van der Waals surface area contributed by atoms with Gasteiger partial charge in [0.2, 0.25) is 0 Å². The lowest BCUT2D eigenvalue weighted by molar-refractivity contribution is -0.184. The smallest absolute Gasteiger partial charge is 0.411 e. The maximum Gasteiger partial charge on any atom is 0.411 e. The van der Waals surface area contributed by atoms with Crippen LogP contribution in [0.5, 0.6) is 5.75 Å². The minimum Gasteiger partial charge on any atom is -0.495 e. The van der Waals surface area contributed by atoms with Crippen molar-refractivity contribution in [3.63, 3.8) is 0 Å². The lowest BCUT2D eigenvalue weighted by atomic mass is 9.87. The Kier molecular flexibility index (Phi) is 6.04. The molecule has 23 heavy (non-hydrogen) atoms. The lowest BCUT2D eigenvalue weighted by Crippen LogP contribution is -2.31. The summed E-state index contributed by atoms with van der Waals surface area (Å²) >= 11 is 0. The van der Waals surface area contributed by atoms with Crippen molar-refractivity contribution >= 4 is 11.6 Å². The summed E-state index contributed by atoms with van der Waals surface area (Å²) < 4.78 is 46.1. The number of hydrogen-bond acceptors (Lipinski definition) is 3. The van der Waals surface area contributed by atoms with Gasteiger partial charge in [-0.2, -0.15) is 13.2 Å². The van der Waals surface area contributed by atoms with E-state index in [1.807, 2.05) is 26.8 Å². The Morgan fingerprint density at radius 1 is 1.26 bits per heavy atom. The molecule has 1 aromatic carbocycles. The Morgan fingerprint density at radius 3 is 2.35 bits per heavy atom. The summed E-state index contributed by atoms with van der Waals surface area (Å²) in [5.41, 5.74) is 1.20. The molecule has 0 aromatic heterocycles.